The molecule has 5 rings (SSSR count). The molecule has 42 heavy (non-hydrogen) atoms. The monoisotopic (exact) mass is 572 g/mol. The molecule has 3 atom stereocenters. The lowest BCUT2D eigenvalue weighted by Crippen LogP contribution is -2.50. The number of carbonyl (C=O) groups excluding carboxylic acids is 2. The van der Waals surface area contributed by atoms with Gasteiger partial charge >= 0.3 is 6.03 Å². The first-order valence-electron chi connectivity index (χ1n) is 15.3. The first kappa shape index (κ1) is 29.9. The Morgan fingerprint density at radius 3 is 2.60 bits per heavy atom. The predicted octanol–water partition coefficient (Wildman–Crippen LogP) is 6.22. The topological polar surface area (TPSA) is 94.1 Å². The maximum absolute atomic E-state index is 13.8. The fraction of sp³-hybridized carbons (Fsp3) is 0.471. The summed E-state index contributed by atoms with van der Waals surface area (Å²) in [6.07, 6.45) is 6.41. The number of rotatable bonds is 8. The summed E-state index contributed by atoms with van der Waals surface area (Å²) < 4.78 is 6.56. The van der Waals surface area contributed by atoms with Crippen LogP contribution in [-0.2, 0) is 0 Å². The maximum atomic E-state index is 13.8. The molecule has 1 aliphatic heterocycles. The van der Waals surface area contributed by atoms with Crippen molar-refractivity contribution in [2.24, 2.45) is 11.8 Å². The van der Waals surface area contributed by atoms with E-state index in [-0.39, 0.29) is 30.6 Å². The molecule has 3 amide bonds. The summed E-state index contributed by atoms with van der Waals surface area (Å²) in [7, 11) is 2.16. The summed E-state index contributed by atoms with van der Waals surface area (Å²) in [5, 5.41) is 17.8. The van der Waals surface area contributed by atoms with Crippen molar-refractivity contribution in [2.75, 3.05) is 43.9 Å². The molecule has 8 heteroatoms. The van der Waals surface area contributed by atoms with Crippen molar-refractivity contribution in [1.29, 1.82) is 0 Å². The SMILES string of the molecule is C[C@H]1CN([C@@H](C)CO)C(=O)c2cc(NC(=O)Nc3cccc4ccccc34)ccc2O[C@@H]1CN(C)CC1CCCCC1. The third kappa shape index (κ3) is 7.05. The summed E-state index contributed by atoms with van der Waals surface area (Å²) in [4.78, 5) is 30.9. The number of nitrogens with zero attached hydrogens (tertiary/aromatic N) is 2. The number of anilines is 2. The Bertz CT molecular complexity index is 1380. The van der Waals surface area contributed by atoms with Gasteiger partial charge in [0.15, 0.2) is 0 Å². The van der Waals surface area contributed by atoms with Crippen molar-refractivity contribution in [3.8, 4) is 5.75 Å². The molecule has 0 radical (unpaired) electrons. The first-order valence-corrected chi connectivity index (χ1v) is 15.3. The Balaban J connectivity index is 1.35. The molecule has 3 aromatic carbocycles. The third-order valence-corrected chi connectivity index (χ3v) is 8.75. The van der Waals surface area contributed by atoms with E-state index < -0.39 is 6.03 Å². The van der Waals surface area contributed by atoms with Gasteiger partial charge in [-0.3, -0.25) is 4.79 Å². The van der Waals surface area contributed by atoms with Gasteiger partial charge in [-0.1, -0.05) is 62.6 Å². The largest absolute Gasteiger partial charge is 0.488 e. The predicted molar refractivity (Wildman–Crippen MR) is 168 cm³/mol. The maximum Gasteiger partial charge on any atom is 0.323 e. The number of amides is 3. The number of carbonyl (C=O) groups is 2. The molecule has 0 aromatic heterocycles. The van der Waals surface area contributed by atoms with E-state index in [0.717, 1.165) is 29.8 Å². The van der Waals surface area contributed by atoms with Crippen LogP contribution in [-0.4, -0.2) is 72.3 Å². The Morgan fingerprint density at radius 1 is 1.05 bits per heavy atom. The molecule has 3 N–H and O–H groups in total. The average molecular weight is 573 g/mol. The minimum Gasteiger partial charge on any atom is -0.488 e. The van der Waals surface area contributed by atoms with Crippen molar-refractivity contribution >= 4 is 34.1 Å². The van der Waals surface area contributed by atoms with Crippen LogP contribution < -0.4 is 15.4 Å². The van der Waals surface area contributed by atoms with E-state index in [1.54, 1.807) is 23.1 Å². The van der Waals surface area contributed by atoms with E-state index in [4.69, 9.17) is 4.74 Å². The molecule has 0 bridgehead atoms. The van der Waals surface area contributed by atoms with Gasteiger partial charge in [0, 0.05) is 36.6 Å². The molecule has 0 unspecified atom stereocenters. The second-order valence-corrected chi connectivity index (χ2v) is 12.2. The van der Waals surface area contributed by atoms with Crippen LogP contribution in [0.5, 0.6) is 5.75 Å². The standard InChI is InChI=1S/C34H44N4O4/c1-23-19-38(24(2)22-39)33(40)29-18-27(35-34(41)36-30-15-9-13-26-12-7-8-14-28(26)30)16-17-31(29)42-32(23)21-37(3)20-25-10-5-4-6-11-25/h7-9,12-18,23-25,32,39H,4-6,10-11,19-22H2,1-3H3,(H2,35,36,41)/t23-,24-,32+/m0/s1. The van der Waals surface area contributed by atoms with E-state index in [0.29, 0.717) is 29.2 Å². The smallest absolute Gasteiger partial charge is 0.323 e. The van der Waals surface area contributed by atoms with Crippen LogP contribution in [0.3, 0.4) is 0 Å². The van der Waals surface area contributed by atoms with E-state index in [1.165, 1.54) is 32.1 Å². The summed E-state index contributed by atoms with van der Waals surface area (Å²) in [6, 6.07) is 18.1. The van der Waals surface area contributed by atoms with Crippen LogP contribution in [0.1, 0.15) is 56.3 Å². The second-order valence-electron chi connectivity index (χ2n) is 12.2. The molecule has 1 saturated carbocycles. The van der Waals surface area contributed by atoms with Crippen molar-refractivity contribution in [3.05, 3.63) is 66.2 Å². The fourth-order valence-electron chi connectivity index (χ4n) is 6.33. The number of urea groups is 1. The summed E-state index contributed by atoms with van der Waals surface area (Å²) in [5.74, 6) is 1.07. The number of likely N-dealkylation sites (N-methyl/N-ethyl adjacent to an activating group) is 1. The van der Waals surface area contributed by atoms with Crippen LogP contribution in [0, 0.1) is 11.8 Å². The molecule has 224 valence electrons. The highest BCUT2D eigenvalue weighted by molar-refractivity contribution is 6.07. The fourth-order valence-corrected chi connectivity index (χ4v) is 6.33. The zero-order valence-electron chi connectivity index (χ0n) is 25.0. The molecule has 1 heterocycles. The average Bonchev–Trinajstić information content (AvgIpc) is 2.99. The first-order chi connectivity index (χ1) is 20.3. The third-order valence-electron chi connectivity index (χ3n) is 8.75. The van der Waals surface area contributed by atoms with Gasteiger partial charge in [0.25, 0.3) is 5.91 Å². The van der Waals surface area contributed by atoms with Crippen molar-refractivity contribution in [2.45, 2.75) is 58.1 Å². The number of fused-ring (bicyclic) bond motifs is 2. The van der Waals surface area contributed by atoms with Gasteiger partial charge in [-0.25, -0.2) is 4.79 Å². The van der Waals surface area contributed by atoms with E-state index >= 15 is 0 Å². The highest BCUT2D eigenvalue weighted by Crippen LogP contribution is 2.32. The van der Waals surface area contributed by atoms with E-state index in [2.05, 4.69) is 29.5 Å². The number of benzene rings is 3. The van der Waals surface area contributed by atoms with Crippen LogP contribution in [0.15, 0.2) is 60.7 Å². The van der Waals surface area contributed by atoms with Gasteiger partial charge in [0.05, 0.1) is 23.9 Å². The highest BCUT2D eigenvalue weighted by atomic mass is 16.5. The molecule has 0 saturated heterocycles. The number of hydrogen-bond acceptors (Lipinski definition) is 5. The number of hydrogen-bond donors (Lipinski definition) is 3. The molecule has 1 fully saturated rings. The van der Waals surface area contributed by atoms with Gasteiger partial charge in [-0.2, -0.15) is 0 Å². The van der Waals surface area contributed by atoms with E-state index in [1.807, 2.05) is 49.4 Å². The summed E-state index contributed by atoms with van der Waals surface area (Å²) in [6.45, 7) is 6.11. The normalized spacial score (nSPS) is 20.4. The molecule has 3 aromatic rings. The van der Waals surface area contributed by atoms with Crippen molar-refractivity contribution in [3.63, 3.8) is 0 Å². The molecule has 1 aliphatic carbocycles. The van der Waals surface area contributed by atoms with Crippen LogP contribution in [0.25, 0.3) is 10.8 Å². The lowest BCUT2D eigenvalue weighted by molar-refractivity contribution is 0.0330. The van der Waals surface area contributed by atoms with E-state index in [9.17, 15) is 14.7 Å². The number of nitrogens with one attached hydrogen (secondary N) is 2. The van der Waals surface area contributed by atoms with Crippen molar-refractivity contribution < 1.29 is 19.4 Å². The van der Waals surface area contributed by atoms with Crippen LogP contribution in [0.4, 0.5) is 16.2 Å². The van der Waals surface area contributed by atoms with Gasteiger partial charge < -0.3 is 30.3 Å². The highest BCUT2D eigenvalue weighted by Gasteiger charge is 2.34. The van der Waals surface area contributed by atoms with Crippen molar-refractivity contribution in [1.82, 2.24) is 9.80 Å². The van der Waals surface area contributed by atoms with Gasteiger partial charge in [0.1, 0.15) is 11.9 Å². The minimum atomic E-state index is -0.401. The Morgan fingerprint density at radius 2 is 1.81 bits per heavy atom. The molecule has 8 nitrogen and oxygen atoms in total. The lowest BCUT2D eigenvalue weighted by atomic mass is 9.89. The Kier molecular flexibility index (Phi) is 9.65. The van der Waals surface area contributed by atoms with Crippen LogP contribution in [0.2, 0.25) is 0 Å². The zero-order valence-corrected chi connectivity index (χ0v) is 25.0. The molecule has 0 spiro atoms. The Hall–Kier alpha value is -3.62. The number of aliphatic hydroxyl groups excluding tert-OH is 1. The summed E-state index contributed by atoms with van der Waals surface area (Å²) in [5.41, 5.74) is 1.57. The van der Waals surface area contributed by atoms with Crippen LogP contribution >= 0.6 is 0 Å². The number of ether oxygens (including phenoxy) is 1. The number of aliphatic hydroxyl groups is 1. The second kappa shape index (κ2) is 13.6. The zero-order chi connectivity index (χ0) is 29.6. The lowest BCUT2D eigenvalue weighted by Gasteiger charge is -2.38. The quantitative estimate of drug-likeness (QED) is 0.298. The summed E-state index contributed by atoms with van der Waals surface area (Å²) >= 11 is 0. The van der Waals surface area contributed by atoms with Gasteiger partial charge in [-0.05, 0) is 62.4 Å². The molecule has 2 aliphatic rings. The van der Waals surface area contributed by atoms with Gasteiger partial charge in [-0.15, -0.1) is 0 Å². The van der Waals surface area contributed by atoms with Gasteiger partial charge in [0.2, 0.25) is 0 Å². The minimum absolute atomic E-state index is 0.0641. The molecular weight excluding hydrogens is 528 g/mol. The molecular formula is C34H44N4O4. The Labute approximate surface area is 249 Å².